The zero-order valence-electron chi connectivity index (χ0n) is 19.8. The minimum atomic E-state index is -0.351. The first-order valence-corrected chi connectivity index (χ1v) is 11.2. The highest BCUT2D eigenvalue weighted by atomic mass is 16.5. The highest BCUT2D eigenvalue weighted by Crippen LogP contribution is 2.33. The molecule has 0 bridgehead atoms. The second-order valence-electron chi connectivity index (χ2n) is 8.02. The molecule has 0 unspecified atom stereocenters. The monoisotopic (exact) mass is 481 g/mol. The minimum Gasteiger partial charge on any atom is -0.504 e. The molecule has 5 rings (SSSR count). The van der Waals surface area contributed by atoms with Crippen LogP contribution in [-0.2, 0) is 6.42 Å². The van der Waals surface area contributed by atoms with Gasteiger partial charge >= 0.3 is 0 Å². The first-order valence-electron chi connectivity index (χ1n) is 11.2. The third-order valence-electron chi connectivity index (χ3n) is 5.80. The summed E-state index contributed by atoms with van der Waals surface area (Å²) in [7, 11) is 3.06. The first kappa shape index (κ1) is 22.9. The maximum atomic E-state index is 13.5. The molecule has 0 aliphatic heterocycles. The van der Waals surface area contributed by atoms with Gasteiger partial charge < -0.3 is 19.0 Å². The molecule has 0 amide bonds. The summed E-state index contributed by atoms with van der Waals surface area (Å²) >= 11 is 0. The van der Waals surface area contributed by atoms with Crippen molar-refractivity contribution in [2.45, 2.75) is 6.42 Å². The molecule has 0 saturated heterocycles. The van der Waals surface area contributed by atoms with Gasteiger partial charge in [-0.1, -0.05) is 24.3 Å². The number of nitrogens with zero attached hydrogens (tertiary/aromatic N) is 3. The maximum absolute atomic E-state index is 13.5. The van der Waals surface area contributed by atoms with Gasteiger partial charge in [-0.3, -0.25) is 4.79 Å². The van der Waals surface area contributed by atoms with Gasteiger partial charge in [-0.15, -0.1) is 6.58 Å². The van der Waals surface area contributed by atoms with E-state index < -0.39 is 0 Å². The minimum absolute atomic E-state index is 0.0380. The molecule has 3 aromatic carbocycles. The van der Waals surface area contributed by atoms with Gasteiger partial charge in [0.1, 0.15) is 11.3 Å². The Labute approximate surface area is 206 Å². The second-order valence-corrected chi connectivity index (χ2v) is 8.02. The third kappa shape index (κ3) is 3.98. The Kier molecular flexibility index (Phi) is 6.00. The van der Waals surface area contributed by atoms with Crippen molar-refractivity contribution in [1.82, 2.24) is 9.66 Å². The molecule has 0 saturated carbocycles. The molecule has 0 spiro atoms. The molecule has 36 heavy (non-hydrogen) atoms. The fourth-order valence-corrected chi connectivity index (χ4v) is 4.07. The lowest BCUT2D eigenvalue weighted by atomic mass is 10.1. The highest BCUT2D eigenvalue weighted by Gasteiger charge is 2.18. The van der Waals surface area contributed by atoms with Crippen LogP contribution in [0.3, 0.4) is 0 Å². The number of phenolic OH excluding ortho intramolecular Hbond substituents is 1. The van der Waals surface area contributed by atoms with Crippen LogP contribution >= 0.6 is 0 Å². The first-order chi connectivity index (χ1) is 17.5. The Morgan fingerprint density at radius 1 is 1.06 bits per heavy atom. The van der Waals surface area contributed by atoms with Crippen LogP contribution < -0.4 is 15.0 Å². The Balaban J connectivity index is 1.71. The Morgan fingerprint density at radius 3 is 2.64 bits per heavy atom. The summed E-state index contributed by atoms with van der Waals surface area (Å²) in [5.41, 5.74) is 2.02. The zero-order valence-corrected chi connectivity index (χ0v) is 19.8. The van der Waals surface area contributed by atoms with Crippen LogP contribution in [0.15, 0.2) is 87.6 Å². The number of hydrogen-bond acceptors (Lipinski definition) is 7. The van der Waals surface area contributed by atoms with E-state index >= 15 is 0 Å². The van der Waals surface area contributed by atoms with Crippen LogP contribution in [0.1, 0.15) is 11.1 Å². The smallest absolute Gasteiger partial charge is 0.282 e. The molecule has 0 radical (unpaired) electrons. The molecule has 5 aromatic rings. The van der Waals surface area contributed by atoms with Crippen LogP contribution in [0.5, 0.6) is 17.2 Å². The number of benzene rings is 3. The Hall–Kier alpha value is -4.85. The van der Waals surface area contributed by atoms with Crippen molar-refractivity contribution in [3.63, 3.8) is 0 Å². The van der Waals surface area contributed by atoms with Gasteiger partial charge in [0.25, 0.3) is 5.56 Å². The quantitative estimate of drug-likeness (QED) is 0.255. The third-order valence-corrected chi connectivity index (χ3v) is 5.80. The number of aromatic hydroxyl groups is 1. The summed E-state index contributed by atoms with van der Waals surface area (Å²) in [6, 6.07) is 17.7. The van der Waals surface area contributed by atoms with Crippen molar-refractivity contribution >= 4 is 28.1 Å². The number of methoxy groups -OCH3 is 2. The van der Waals surface area contributed by atoms with E-state index in [9.17, 15) is 9.90 Å². The van der Waals surface area contributed by atoms with Gasteiger partial charge in [0.05, 0.1) is 36.7 Å². The van der Waals surface area contributed by atoms with Crippen molar-refractivity contribution in [3.8, 4) is 28.8 Å². The molecule has 2 heterocycles. The average molecular weight is 482 g/mol. The molecule has 0 atom stereocenters. The maximum Gasteiger partial charge on any atom is 0.282 e. The number of hydrogen-bond donors (Lipinski definition) is 1. The number of phenols is 1. The summed E-state index contributed by atoms with van der Waals surface area (Å²) < 4.78 is 18.0. The lowest BCUT2D eigenvalue weighted by Crippen LogP contribution is -2.20. The van der Waals surface area contributed by atoms with E-state index in [2.05, 4.69) is 11.7 Å². The highest BCUT2D eigenvalue weighted by molar-refractivity contribution is 5.88. The Bertz CT molecular complexity index is 1700. The number of allylic oxidation sites excluding steroid dienone is 1. The molecule has 1 N–H and O–H groups in total. The molecule has 8 nitrogen and oxygen atoms in total. The fourth-order valence-electron chi connectivity index (χ4n) is 4.07. The predicted molar refractivity (Wildman–Crippen MR) is 139 cm³/mol. The normalized spacial score (nSPS) is 11.4. The zero-order chi connectivity index (χ0) is 25.2. The fraction of sp³-hybridized carbons (Fsp3) is 0.107. The topological polar surface area (TPSA) is 99.1 Å². The van der Waals surface area contributed by atoms with E-state index in [1.165, 1.54) is 18.0 Å². The van der Waals surface area contributed by atoms with Crippen molar-refractivity contribution in [3.05, 3.63) is 94.8 Å². The van der Waals surface area contributed by atoms with E-state index in [0.717, 1.165) is 5.39 Å². The van der Waals surface area contributed by atoms with Crippen LogP contribution in [0.25, 0.3) is 33.5 Å². The van der Waals surface area contributed by atoms with Gasteiger partial charge in [-0.2, -0.15) is 9.78 Å². The van der Waals surface area contributed by atoms with Gasteiger partial charge in [0.15, 0.2) is 17.3 Å². The largest absolute Gasteiger partial charge is 0.504 e. The predicted octanol–water partition coefficient (Wildman–Crippen LogP) is 5.14. The lowest BCUT2D eigenvalue weighted by Gasteiger charge is -2.10. The van der Waals surface area contributed by atoms with Crippen molar-refractivity contribution in [1.29, 1.82) is 0 Å². The molecule has 0 aliphatic rings. The van der Waals surface area contributed by atoms with Crippen LogP contribution in [0.4, 0.5) is 0 Å². The van der Waals surface area contributed by atoms with Crippen molar-refractivity contribution < 1.29 is 19.0 Å². The van der Waals surface area contributed by atoms with E-state index in [0.29, 0.717) is 51.3 Å². The number of aromatic nitrogens is 2. The molecule has 180 valence electrons. The van der Waals surface area contributed by atoms with E-state index in [4.69, 9.17) is 18.9 Å². The summed E-state index contributed by atoms with van der Waals surface area (Å²) in [6.45, 7) is 3.73. The number of para-hydroxylation sites is 1. The SMILES string of the molecule is C=CCc1cc(C=Nn2c(-c3cc4c(OC)cccc4o3)nc3ccccc3c2=O)cc(OC)c1O. The summed E-state index contributed by atoms with van der Waals surface area (Å²) in [5, 5.41) is 16.0. The summed E-state index contributed by atoms with van der Waals surface area (Å²) in [4.78, 5) is 18.2. The molecular formula is C28H23N3O5. The molecule has 0 aliphatic carbocycles. The van der Waals surface area contributed by atoms with E-state index in [1.807, 2.05) is 24.3 Å². The molecule has 8 heteroatoms. The second kappa shape index (κ2) is 9.42. The van der Waals surface area contributed by atoms with Gasteiger partial charge in [-0.25, -0.2) is 4.98 Å². The standard InChI is InChI=1S/C28H23N3O5/c1-4-8-18-13-17(14-24(35-3)26(18)32)16-29-31-27(30-21-10-6-5-9-19(21)28(31)33)25-15-20-22(34-2)11-7-12-23(20)36-25/h4-7,9-16,32H,1,8H2,2-3H3. The summed E-state index contributed by atoms with van der Waals surface area (Å²) in [6.07, 6.45) is 3.63. The van der Waals surface area contributed by atoms with E-state index in [1.54, 1.807) is 49.6 Å². The average Bonchev–Trinajstić information content (AvgIpc) is 3.34. The van der Waals surface area contributed by atoms with Crippen LogP contribution in [0.2, 0.25) is 0 Å². The van der Waals surface area contributed by atoms with Crippen molar-refractivity contribution in [2.24, 2.45) is 5.10 Å². The van der Waals surface area contributed by atoms with Gasteiger partial charge in [0.2, 0.25) is 5.82 Å². The lowest BCUT2D eigenvalue weighted by molar-refractivity contribution is 0.371. The van der Waals surface area contributed by atoms with Gasteiger partial charge in [-0.05, 0) is 54.4 Å². The number of furan rings is 1. The van der Waals surface area contributed by atoms with Crippen molar-refractivity contribution in [2.75, 3.05) is 14.2 Å². The number of ether oxygens (including phenoxy) is 2. The number of fused-ring (bicyclic) bond motifs is 2. The van der Waals surface area contributed by atoms with Crippen LogP contribution in [-0.4, -0.2) is 35.2 Å². The van der Waals surface area contributed by atoms with E-state index in [-0.39, 0.29) is 17.1 Å². The van der Waals surface area contributed by atoms with Gasteiger partial charge in [0, 0.05) is 5.56 Å². The van der Waals surface area contributed by atoms with Crippen LogP contribution in [0, 0.1) is 0 Å². The molecule has 0 fully saturated rings. The Morgan fingerprint density at radius 2 is 1.86 bits per heavy atom. The molecular weight excluding hydrogens is 458 g/mol. The number of rotatable bonds is 7. The molecule has 2 aromatic heterocycles. The summed E-state index contributed by atoms with van der Waals surface area (Å²) in [5.74, 6) is 1.59.